The van der Waals surface area contributed by atoms with Crippen molar-refractivity contribution < 1.29 is 0 Å². The number of rotatable bonds is 3. The molecular formula is C9H8N8. The van der Waals surface area contributed by atoms with Gasteiger partial charge >= 0.3 is 0 Å². The van der Waals surface area contributed by atoms with Gasteiger partial charge in [-0.3, -0.25) is 4.98 Å². The Hall–Kier alpha value is -2.64. The van der Waals surface area contributed by atoms with E-state index in [2.05, 4.69) is 35.8 Å². The van der Waals surface area contributed by atoms with Crippen LogP contribution in [0.3, 0.4) is 0 Å². The van der Waals surface area contributed by atoms with Gasteiger partial charge in [-0.2, -0.15) is 4.52 Å². The summed E-state index contributed by atoms with van der Waals surface area (Å²) in [7, 11) is 0. The van der Waals surface area contributed by atoms with Gasteiger partial charge in [-0.05, 0) is 16.5 Å². The minimum Gasteiger partial charge on any atom is -0.363 e. The summed E-state index contributed by atoms with van der Waals surface area (Å²) in [4.78, 5) is 12.0. The lowest BCUT2D eigenvalue weighted by Crippen LogP contribution is -2.06. The molecule has 0 radical (unpaired) electrons. The van der Waals surface area contributed by atoms with Crippen molar-refractivity contribution >= 4 is 11.5 Å². The Kier molecular flexibility index (Phi) is 2.30. The van der Waals surface area contributed by atoms with E-state index in [1.54, 1.807) is 23.1 Å². The SMILES string of the molecule is c1cc(CNc2cncc3nnnn23)ncn1. The van der Waals surface area contributed by atoms with Gasteiger partial charge in [0.1, 0.15) is 6.33 Å². The smallest absolute Gasteiger partial charge is 0.199 e. The van der Waals surface area contributed by atoms with E-state index in [4.69, 9.17) is 0 Å². The van der Waals surface area contributed by atoms with Crippen LogP contribution in [-0.4, -0.2) is 35.0 Å². The number of aromatic nitrogens is 7. The van der Waals surface area contributed by atoms with Crippen molar-refractivity contribution in [2.45, 2.75) is 6.54 Å². The highest BCUT2D eigenvalue weighted by Crippen LogP contribution is 2.06. The molecule has 0 aromatic carbocycles. The van der Waals surface area contributed by atoms with Crippen LogP contribution in [0.25, 0.3) is 5.65 Å². The van der Waals surface area contributed by atoms with Gasteiger partial charge in [0.15, 0.2) is 11.5 Å². The molecule has 84 valence electrons. The minimum absolute atomic E-state index is 0.559. The third-order valence-electron chi connectivity index (χ3n) is 2.20. The molecule has 0 saturated heterocycles. The third kappa shape index (κ3) is 1.87. The van der Waals surface area contributed by atoms with E-state index in [0.29, 0.717) is 18.0 Å². The van der Waals surface area contributed by atoms with Crippen LogP contribution in [0.5, 0.6) is 0 Å². The Labute approximate surface area is 95.7 Å². The molecule has 8 heteroatoms. The molecular weight excluding hydrogens is 220 g/mol. The normalized spacial score (nSPS) is 10.6. The molecule has 0 aliphatic rings. The van der Waals surface area contributed by atoms with Crippen LogP contribution in [-0.2, 0) is 6.54 Å². The van der Waals surface area contributed by atoms with Crippen LogP contribution in [0.2, 0.25) is 0 Å². The quantitative estimate of drug-likeness (QED) is 0.670. The first-order chi connectivity index (χ1) is 8.43. The van der Waals surface area contributed by atoms with Crippen molar-refractivity contribution in [1.29, 1.82) is 0 Å². The van der Waals surface area contributed by atoms with Crippen molar-refractivity contribution in [3.05, 3.63) is 36.7 Å². The predicted octanol–water partition coefficient (Wildman–Crippen LogP) is -0.0786. The molecule has 1 N–H and O–H groups in total. The molecule has 3 heterocycles. The van der Waals surface area contributed by atoms with E-state index in [9.17, 15) is 0 Å². The van der Waals surface area contributed by atoms with E-state index in [0.717, 1.165) is 5.69 Å². The summed E-state index contributed by atoms with van der Waals surface area (Å²) >= 11 is 0. The van der Waals surface area contributed by atoms with Gasteiger partial charge in [-0.25, -0.2) is 9.97 Å². The van der Waals surface area contributed by atoms with Crippen molar-refractivity contribution in [3.63, 3.8) is 0 Å². The van der Waals surface area contributed by atoms with Gasteiger partial charge in [-0.15, -0.1) is 5.10 Å². The van der Waals surface area contributed by atoms with Gasteiger partial charge in [-0.1, -0.05) is 0 Å². The third-order valence-corrected chi connectivity index (χ3v) is 2.20. The van der Waals surface area contributed by atoms with Gasteiger partial charge in [0.05, 0.1) is 24.6 Å². The fraction of sp³-hybridized carbons (Fsp3) is 0.111. The Bertz CT molecular complexity index is 619. The first-order valence-electron chi connectivity index (χ1n) is 4.94. The average Bonchev–Trinajstić information content (AvgIpc) is 2.86. The molecule has 0 spiro atoms. The van der Waals surface area contributed by atoms with E-state index >= 15 is 0 Å². The highest BCUT2D eigenvalue weighted by atomic mass is 15.5. The number of tetrazole rings is 1. The second kappa shape index (κ2) is 4.08. The molecule has 0 fully saturated rings. The molecule has 3 aromatic heterocycles. The zero-order valence-electron chi connectivity index (χ0n) is 8.72. The molecule has 0 aliphatic heterocycles. The largest absolute Gasteiger partial charge is 0.363 e. The van der Waals surface area contributed by atoms with Crippen LogP contribution in [0.15, 0.2) is 31.0 Å². The summed E-state index contributed by atoms with van der Waals surface area (Å²) in [6.45, 7) is 0.559. The van der Waals surface area contributed by atoms with E-state index in [-0.39, 0.29) is 0 Å². The molecule has 0 atom stereocenters. The molecule has 8 nitrogen and oxygen atoms in total. The maximum atomic E-state index is 4.11. The zero-order chi connectivity index (χ0) is 11.5. The van der Waals surface area contributed by atoms with Crippen molar-refractivity contribution in [3.8, 4) is 0 Å². The van der Waals surface area contributed by atoms with Gasteiger partial charge < -0.3 is 5.32 Å². The van der Waals surface area contributed by atoms with Crippen molar-refractivity contribution in [2.75, 3.05) is 5.32 Å². The van der Waals surface area contributed by atoms with Gasteiger partial charge in [0.2, 0.25) is 0 Å². The van der Waals surface area contributed by atoms with Crippen LogP contribution < -0.4 is 5.32 Å². The van der Waals surface area contributed by atoms with Crippen molar-refractivity contribution in [2.24, 2.45) is 0 Å². The van der Waals surface area contributed by atoms with E-state index in [1.807, 2.05) is 6.07 Å². The lowest BCUT2D eigenvalue weighted by molar-refractivity contribution is 0.817. The Morgan fingerprint density at radius 1 is 1.24 bits per heavy atom. The number of anilines is 1. The highest BCUT2D eigenvalue weighted by molar-refractivity contribution is 5.43. The molecule has 0 saturated carbocycles. The van der Waals surface area contributed by atoms with Gasteiger partial charge in [0, 0.05) is 6.20 Å². The summed E-state index contributed by atoms with van der Waals surface area (Å²) in [5, 5.41) is 14.4. The molecule has 17 heavy (non-hydrogen) atoms. The number of hydrogen-bond acceptors (Lipinski definition) is 7. The summed E-state index contributed by atoms with van der Waals surface area (Å²) in [6.07, 6.45) is 6.45. The summed E-state index contributed by atoms with van der Waals surface area (Å²) in [5.74, 6) is 0.714. The molecule has 0 bridgehead atoms. The standard InChI is InChI=1S/C9H8N8/c1-2-10-6-13-7(1)3-12-8-4-11-5-9-14-15-16-17(8)9/h1-2,4-6,12H,3H2. The zero-order valence-corrected chi connectivity index (χ0v) is 8.72. The Morgan fingerprint density at radius 2 is 2.24 bits per heavy atom. The predicted molar refractivity (Wildman–Crippen MR) is 57.9 cm³/mol. The van der Waals surface area contributed by atoms with Crippen LogP contribution >= 0.6 is 0 Å². The summed E-state index contributed by atoms with van der Waals surface area (Å²) < 4.78 is 1.58. The van der Waals surface area contributed by atoms with Crippen LogP contribution in [0, 0.1) is 0 Å². The van der Waals surface area contributed by atoms with Crippen LogP contribution in [0.4, 0.5) is 5.82 Å². The second-order valence-electron chi connectivity index (χ2n) is 3.30. The first-order valence-corrected chi connectivity index (χ1v) is 4.94. The first kappa shape index (κ1) is 9.58. The van der Waals surface area contributed by atoms with Crippen LogP contribution in [0.1, 0.15) is 5.69 Å². The molecule has 3 aromatic rings. The maximum absolute atomic E-state index is 4.11. The lowest BCUT2D eigenvalue weighted by atomic mass is 10.4. The Balaban J connectivity index is 1.84. The second-order valence-corrected chi connectivity index (χ2v) is 3.30. The molecule has 0 amide bonds. The molecule has 3 rings (SSSR count). The summed E-state index contributed by atoms with van der Waals surface area (Å²) in [5.41, 5.74) is 1.47. The lowest BCUT2D eigenvalue weighted by Gasteiger charge is -2.05. The minimum atomic E-state index is 0.559. The molecule has 0 aliphatic carbocycles. The number of nitrogens with one attached hydrogen (secondary N) is 1. The number of fused-ring (bicyclic) bond motifs is 1. The molecule has 0 unspecified atom stereocenters. The maximum Gasteiger partial charge on any atom is 0.199 e. The fourth-order valence-corrected chi connectivity index (χ4v) is 1.40. The average molecular weight is 228 g/mol. The monoisotopic (exact) mass is 228 g/mol. The van der Waals surface area contributed by atoms with Crippen molar-refractivity contribution in [1.82, 2.24) is 35.0 Å². The fourth-order valence-electron chi connectivity index (χ4n) is 1.40. The topological polar surface area (TPSA) is 93.8 Å². The Morgan fingerprint density at radius 3 is 3.12 bits per heavy atom. The number of hydrogen-bond donors (Lipinski definition) is 1. The van der Waals surface area contributed by atoms with E-state index < -0.39 is 0 Å². The summed E-state index contributed by atoms with van der Waals surface area (Å²) in [6, 6.07) is 1.83. The van der Waals surface area contributed by atoms with Gasteiger partial charge in [0.25, 0.3) is 0 Å². The highest BCUT2D eigenvalue weighted by Gasteiger charge is 2.03. The number of nitrogens with zero attached hydrogens (tertiary/aromatic N) is 7. The van der Waals surface area contributed by atoms with E-state index in [1.165, 1.54) is 6.33 Å².